The van der Waals surface area contributed by atoms with Gasteiger partial charge in [0.2, 0.25) is 0 Å². The Hall–Kier alpha value is -1.31. The summed E-state index contributed by atoms with van der Waals surface area (Å²) < 4.78 is 0. The first-order chi connectivity index (χ1) is 8.24. The van der Waals surface area contributed by atoms with Crippen LogP contribution in [-0.4, -0.2) is 17.3 Å². The Morgan fingerprint density at radius 3 is 2.65 bits per heavy atom. The molecule has 1 heterocycles. The molecule has 0 bridgehead atoms. The van der Waals surface area contributed by atoms with Crippen molar-refractivity contribution in [3.05, 3.63) is 35.4 Å². The molecule has 1 aliphatic carbocycles. The van der Waals surface area contributed by atoms with Crippen LogP contribution in [0.25, 0.3) is 0 Å². The molecule has 0 amide bonds. The molecule has 3 rings (SSSR count). The largest absolute Gasteiger partial charge is 0.352 e. The Balaban J connectivity index is 1.78. The van der Waals surface area contributed by atoms with Crippen molar-refractivity contribution in [3.63, 3.8) is 0 Å². The van der Waals surface area contributed by atoms with Gasteiger partial charge in [-0.2, -0.15) is 0 Å². The molecule has 0 aromatic heterocycles. The zero-order chi connectivity index (χ0) is 11.9. The Bertz CT molecular complexity index is 440. The van der Waals surface area contributed by atoms with Crippen molar-refractivity contribution in [1.82, 2.24) is 4.90 Å². The van der Waals surface area contributed by atoms with Crippen molar-refractivity contribution < 1.29 is 0 Å². The van der Waals surface area contributed by atoms with Crippen LogP contribution in [0.4, 0.5) is 0 Å². The van der Waals surface area contributed by atoms with Gasteiger partial charge in [0.1, 0.15) is 5.84 Å². The van der Waals surface area contributed by atoms with Crippen molar-refractivity contribution in [2.75, 3.05) is 6.54 Å². The number of amidine groups is 1. The zero-order valence-corrected chi connectivity index (χ0v) is 10.5. The second-order valence-electron chi connectivity index (χ2n) is 5.57. The van der Waals surface area contributed by atoms with Gasteiger partial charge in [0.25, 0.3) is 0 Å². The highest BCUT2D eigenvalue weighted by Crippen LogP contribution is 2.45. The highest BCUT2D eigenvalue weighted by atomic mass is 15.2. The number of benzene rings is 1. The molecule has 0 radical (unpaired) electrons. The standard InChI is InChI=1S/C15H20N2/c1-2-15(8-5-9-15)11-17-10-12-6-3-4-7-13(12)14(17)16/h3-4,6-7,16H,2,5,8-11H2,1H3. The van der Waals surface area contributed by atoms with Gasteiger partial charge >= 0.3 is 0 Å². The molecule has 1 aromatic rings. The van der Waals surface area contributed by atoms with Crippen LogP contribution in [0.2, 0.25) is 0 Å². The van der Waals surface area contributed by atoms with Gasteiger partial charge < -0.3 is 4.90 Å². The van der Waals surface area contributed by atoms with Crippen LogP contribution < -0.4 is 0 Å². The number of fused-ring (bicyclic) bond motifs is 1. The van der Waals surface area contributed by atoms with Crippen molar-refractivity contribution >= 4 is 5.84 Å². The summed E-state index contributed by atoms with van der Waals surface area (Å²) in [6, 6.07) is 8.35. The highest BCUT2D eigenvalue weighted by molar-refractivity contribution is 6.00. The second-order valence-corrected chi connectivity index (χ2v) is 5.57. The van der Waals surface area contributed by atoms with E-state index in [0.717, 1.165) is 24.5 Å². The summed E-state index contributed by atoms with van der Waals surface area (Å²) in [5, 5.41) is 8.27. The maximum atomic E-state index is 8.27. The van der Waals surface area contributed by atoms with E-state index in [-0.39, 0.29) is 0 Å². The summed E-state index contributed by atoms with van der Waals surface area (Å²) in [6.07, 6.45) is 5.34. The first-order valence-corrected chi connectivity index (χ1v) is 6.66. The third-order valence-electron chi connectivity index (χ3n) is 4.64. The summed E-state index contributed by atoms with van der Waals surface area (Å²) in [5.74, 6) is 0.736. The molecule has 1 fully saturated rings. The van der Waals surface area contributed by atoms with E-state index in [1.54, 1.807) is 0 Å². The zero-order valence-electron chi connectivity index (χ0n) is 10.5. The number of hydrogen-bond acceptors (Lipinski definition) is 1. The third kappa shape index (κ3) is 1.67. The molecule has 1 aromatic carbocycles. The predicted octanol–water partition coefficient (Wildman–Crippen LogP) is 3.41. The van der Waals surface area contributed by atoms with E-state index in [1.165, 1.54) is 31.2 Å². The van der Waals surface area contributed by atoms with Crippen LogP contribution in [0.15, 0.2) is 24.3 Å². The molecule has 0 unspecified atom stereocenters. The molecule has 17 heavy (non-hydrogen) atoms. The fourth-order valence-electron chi connectivity index (χ4n) is 3.18. The van der Waals surface area contributed by atoms with E-state index in [4.69, 9.17) is 5.41 Å². The van der Waals surface area contributed by atoms with E-state index in [0.29, 0.717) is 5.41 Å². The molecular formula is C15H20N2. The monoisotopic (exact) mass is 228 g/mol. The van der Waals surface area contributed by atoms with Crippen LogP contribution in [0, 0.1) is 10.8 Å². The average molecular weight is 228 g/mol. The van der Waals surface area contributed by atoms with Gasteiger partial charge in [0.05, 0.1) is 0 Å². The molecule has 1 aliphatic heterocycles. The average Bonchev–Trinajstić information content (AvgIpc) is 2.62. The lowest BCUT2D eigenvalue weighted by Crippen LogP contribution is -2.42. The maximum Gasteiger partial charge on any atom is 0.128 e. The van der Waals surface area contributed by atoms with Gasteiger partial charge in [0, 0.05) is 18.7 Å². The highest BCUT2D eigenvalue weighted by Gasteiger charge is 2.38. The van der Waals surface area contributed by atoms with Crippen LogP contribution in [0.5, 0.6) is 0 Å². The van der Waals surface area contributed by atoms with Gasteiger partial charge in [-0.25, -0.2) is 0 Å². The molecule has 0 saturated heterocycles. The number of rotatable bonds is 3. The van der Waals surface area contributed by atoms with Crippen LogP contribution in [-0.2, 0) is 6.54 Å². The molecule has 0 spiro atoms. The first kappa shape index (κ1) is 10.8. The Morgan fingerprint density at radius 2 is 2.06 bits per heavy atom. The Kier molecular flexibility index (Phi) is 2.46. The quantitative estimate of drug-likeness (QED) is 0.843. The molecule has 1 saturated carbocycles. The normalized spacial score (nSPS) is 21.2. The molecule has 2 nitrogen and oxygen atoms in total. The minimum absolute atomic E-state index is 0.508. The van der Waals surface area contributed by atoms with Gasteiger partial charge in [-0.15, -0.1) is 0 Å². The van der Waals surface area contributed by atoms with Crippen molar-refractivity contribution in [2.24, 2.45) is 5.41 Å². The molecule has 2 heteroatoms. The third-order valence-corrected chi connectivity index (χ3v) is 4.64. The molecule has 90 valence electrons. The Labute approximate surface area is 103 Å². The summed E-state index contributed by atoms with van der Waals surface area (Å²) >= 11 is 0. The molecular weight excluding hydrogens is 208 g/mol. The SMILES string of the molecule is CCC1(CN2Cc3ccccc3C2=N)CCC1. The lowest BCUT2D eigenvalue weighted by molar-refractivity contribution is 0.0899. The summed E-state index contributed by atoms with van der Waals surface area (Å²) in [6.45, 7) is 4.32. The lowest BCUT2D eigenvalue weighted by atomic mass is 9.67. The second kappa shape index (κ2) is 3.86. The Morgan fingerprint density at radius 1 is 1.29 bits per heavy atom. The molecule has 2 aliphatic rings. The summed E-state index contributed by atoms with van der Waals surface area (Å²) in [7, 11) is 0. The van der Waals surface area contributed by atoms with E-state index in [9.17, 15) is 0 Å². The van der Waals surface area contributed by atoms with Gasteiger partial charge in [0.15, 0.2) is 0 Å². The lowest BCUT2D eigenvalue weighted by Gasteiger charge is -2.44. The number of nitrogens with zero attached hydrogens (tertiary/aromatic N) is 1. The van der Waals surface area contributed by atoms with Crippen LogP contribution in [0.1, 0.15) is 43.7 Å². The van der Waals surface area contributed by atoms with Gasteiger partial charge in [-0.1, -0.05) is 37.6 Å². The number of hydrogen-bond donors (Lipinski definition) is 1. The van der Waals surface area contributed by atoms with E-state index in [2.05, 4.69) is 30.0 Å². The molecule has 1 N–H and O–H groups in total. The predicted molar refractivity (Wildman–Crippen MR) is 70.3 cm³/mol. The van der Waals surface area contributed by atoms with Crippen LogP contribution in [0.3, 0.4) is 0 Å². The minimum Gasteiger partial charge on any atom is -0.352 e. The summed E-state index contributed by atoms with van der Waals surface area (Å²) in [4.78, 5) is 2.27. The van der Waals surface area contributed by atoms with Gasteiger partial charge in [-0.05, 0) is 30.2 Å². The van der Waals surface area contributed by atoms with Crippen molar-refractivity contribution in [3.8, 4) is 0 Å². The van der Waals surface area contributed by atoms with E-state index >= 15 is 0 Å². The number of nitrogens with one attached hydrogen (secondary N) is 1. The van der Waals surface area contributed by atoms with Gasteiger partial charge in [-0.3, -0.25) is 5.41 Å². The van der Waals surface area contributed by atoms with E-state index < -0.39 is 0 Å². The molecule has 0 atom stereocenters. The smallest absolute Gasteiger partial charge is 0.128 e. The topological polar surface area (TPSA) is 27.1 Å². The maximum absolute atomic E-state index is 8.27. The summed E-state index contributed by atoms with van der Waals surface area (Å²) in [5.41, 5.74) is 2.97. The van der Waals surface area contributed by atoms with Crippen molar-refractivity contribution in [2.45, 2.75) is 39.2 Å². The van der Waals surface area contributed by atoms with E-state index in [1.807, 2.05) is 6.07 Å². The minimum atomic E-state index is 0.508. The van der Waals surface area contributed by atoms with Crippen LogP contribution >= 0.6 is 0 Å². The van der Waals surface area contributed by atoms with Crippen molar-refractivity contribution in [1.29, 1.82) is 5.41 Å². The first-order valence-electron chi connectivity index (χ1n) is 6.66. The fourth-order valence-corrected chi connectivity index (χ4v) is 3.18. The fraction of sp³-hybridized carbons (Fsp3) is 0.533.